The van der Waals surface area contributed by atoms with Crippen LogP contribution in [0.3, 0.4) is 0 Å². The summed E-state index contributed by atoms with van der Waals surface area (Å²) in [6.45, 7) is 8.42. The Morgan fingerprint density at radius 3 is 2.50 bits per heavy atom. The molecule has 0 aromatic carbocycles. The van der Waals surface area contributed by atoms with Crippen molar-refractivity contribution >= 4 is 39.2 Å². The van der Waals surface area contributed by atoms with E-state index in [4.69, 9.17) is 4.98 Å². The third-order valence-electron chi connectivity index (χ3n) is 5.90. The molecule has 0 saturated heterocycles. The minimum absolute atomic E-state index is 0.0278. The van der Waals surface area contributed by atoms with Crippen LogP contribution in [0.5, 0.6) is 0 Å². The molecule has 0 bridgehead atoms. The molecule has 0 radical (unpaired) electrons. The van der Waals surface area contributed by atoms with Crippen molar-refractivity contribution in [1.82, 2.24) is 14.5 Å². The molecule has 2 aromatic rings. The first-order valence-corrected chi connectivity index (χ1v) is 12.1. The van der Waals surface area contributed by atoms with E-state index in [1.54, 1.807) is 23.0 Å². The summed E-state index contributed by atoms with van der Waals surface area (Å²) in [5.74, 6) is 0.430. The number of aromatic nitrogens is 2. The summed E-state index contributed by atoms with van der Waals surface area (Å²) in [5, 5.41) is 1.44. The third kappa shape index (κ3) is 4.01. The van der Waals surface area contributed by atoms with Gasteiger partial charge in [0.2, 0.25) is 5.91 Å². The van der Waals surface area contributed by atoms with Gasteiger partial charge in [-0.15, -0.1) is 11.3 Å². The van der Waals surface area contributed by atoms with Crippen LogP contribution >= 0.6 is 23.1 Å². The highest BCUT2D eigenvalue weighted by Gasteiger charge is 2.25. The van der Waals surface area contributed by atoms with Crippen LogP contribution in [0, 0.1) is 0 Å². The maximum atomic E-state index is 13.0. The molecule has 2 aromatic heterocycles. The third-order valence-corrected chi connectivity index (χ3v) is 8.10. The molecule has 1 aliphatic rings. The van der Waals surface area contributed by atoms with E-state index in [1.165, 1.54) is 28.6 Å². The number of amides is 1. The lowest BCUT2D eigenvalue weighted by Gasteiger charge is -2.34. The van der Waals surface area contributed by atoms with Gasteiger partial charge in [-0.3, -0.25) is 14.2 Å². The summed E-state index contributed by atoms with van der Waals surface area (Å²) in [5.41, 5.74) is 1.24. The first-order chi connectivity index (χ1) is 13.4. The van der Waals surface area contributed by atoms with Gasteiger partial charge in [0.25, 0.3) is 5.56 Å². The first kappa shape index (κ1) is 21.4. The summed E-state index contributed by atoms with van der Waals surface area (Å²) in [7, 11) is 1.77. The quantitative estimate of drug-likeness (QED) is 0.491. The van der Waals surface area contributed by atoms with E-state index in [9.17, 15) is 9.59 Å². The Morgan fingerprint density at radius 1 is 1.21 bits per heavy atom. The predicted octanol–water partition coefficient (Wildman–Crippen LogP) is 4.39. The number of carbonyl (C=O) groups excluding carboxylic acids is 1. The van der Waals surface area contributed by atoms with Crippen molar-refractivity contribution < 1.29 is 4.79 Å². The highest BCUT2D eigenvalue weighted by molar-refractivity contribution is 7.99. The maximum absolute atomic E-state index is 13.0. The van der Waals surface area contributed by atoms with Gasteiger partial charge in [0.15, 0.2) is 5.16 Å². The Labute approximate surface area is 175 Å². The van der Waals surface area contributed by atoms with Gasteiger partial charge in [0.05, 0.1) is 11.1 Å². The van der Waals surface area contributed by atoms with E-state index in [0.717, 1.165) is 42.3 Å². The van der Waals surface area contributed by atoms with E-state index in [2.05, 4.69) is 27.7 Å². The zero-order chi connectivity index (χ0) is 20.4. The lowest BCUT2D eigenvalue weighted by Crippen LogP contribution is -2.45. The Morgan fingerprint density at radius 2 is 1.86 bits per heavy atom. The van der Waals surface area contributed by atoms with Crippen LogP contribution < -0.4 is 5.56 Å². The summed E-state index contributed by atoms with van der Waals surface area (Å²) in [6.07, 6.45) is 6.25. The smallest absolute Gasteiger partial charge is 0.262 e. The fourth-order valence-electron chi connectivity index (χ4n) is 3.92. The number of hydrogen-bond acceptors (Lipinski definition) is 5. The molecule has 154 valence electrons. The van der Waals surface area contributed by atoms with Crippen molar-refractivity contribution in [3.63, 3.8) is 0 Å². The van der Waals surface area contributed by atoms with Crippen LogP contribution in [0.2, 0.25) is 0 Å². The lowest BCUT2D eigenvalue weighted by molar-refractivity contribution is -0.132. The van der Waals surface area contributed by atoms with E-state index >= 15 is 0 Å². The van der Waals surface area contributed by atoms with Gasteiger partial charge >= 0.3 is 0 Å². The number of carbonyl (C=O) groups is 1. The second-order valence-corrected chi connectivity index (χ2v) is 9.78. The molecule has 0 saturated carbocycles. The van der Waals surface area contributed by atoms with Crippen LogP contribution in [-0.4, -0.2) is 38.2 Å². The predicted molar refractivity (Wildman–Crippen MR) is 119 cm³/mol. The second-order valence-electron chi connectivity index (χ2n) is 7.75. The SMILES string of the molecule is CC[C@H](C)N(C(=O)CSc1nc2sc3c(c2c(=O)n1C)CCCC3)[C@@H](C)CC. The van der Waals surface area contributed by atoms with Gasteiger partial charge in [-0.1, -0.05) is 25.6 Å². The van der Waals surface area contributed by atoms with Gasteiger partial charge in [0, 0.05) is 24.0 Å². The van der Waals surface area contributed by atoms with Crippen molar-refractivity contribution in [3.05, 3.63) is 20.8 Å². The number of hydrogen-bond donors (Lipinski definition) is 0. The molecule has 0 unspecified atom stereocenters. The largest absolute Gasteiger partial charge is 0.337 e. The number of thioether (sulfide) groups is 1. The van der Waals surface area contributed by atoms with Crippen molar-refractivity contribution in [1.29, 1.82) is 0 Å². The lowest BCUT2D eigenvalue weighted by atomic mass is 9.97. The van der Waals surface area contributed by atoms with E-state index in [1.807, 2.05) is 4.90 Å². The molecule has 1 aliphatic carbocycles. The number of fused-ring (bicyclic) bond motifs is 3. The van der Waals surface area contributed by atoms with Crippen LogP contribution in [0.4, 0.5) is 0 Å². The molecule has 5 nitrogen and oxygen atoms in total. The second kappa shape index (κ2) is 8.99. The van der Waals surface area contributed by atoms with Crippen LogP contribution in [0.1, 0.15) is 63.8 Å². The normalized spacial score (nSPS) is 16.0. The van der Waals surface area contributed by atoms with Gasteiger partial charge < -0.3 is 4.90 Å². The molecule has 7 heteroatoms. The summed E-state index contributed by atoms with van der Waals surface area (Å²) < 4.78 is 1.62. The Balaban J connectivity index is 1.85. The minimum atomic E-state index is 0.0278. The summed E-state index contributed by atoms with van der Waals surface area (Å²) >= 11 is 3.04. The van der Waals surface area contributed by atoms with Gasteiger partial charge in [-0.25, -0.2) is 4.98 Å². The van der Waals surface area contributed by atoms with Crippen molar-refractivity contribution in [2.75, 3.05) is 5.75 Å². The summed E-state index contributed by atoms with van der Waals surface area (Å²) in [6, 6.07) is 0.428. The van der Waals surface area contributed by atoms with E-state index < -0.39 is 0 Å². The molecular formula is C21H31N3O2S2. The maximum Gasteiger partial charge on any atom is 0.262 e. The van der Waals surface area contributed by atoms with Gasteiger partial charge in [-0.05, 0) is 57.9 Å². The fourth-order valence-corrected chi connectivity index (χ4v) is 6.06. The molecule has 1 amide bonds. The highest BCUT2D eigenvalue weighted by atomic mass is 32.2. The monoisotopic (exact) mass is 421 g/mol. The minimum Gasteiger partial charge on any atom is -0.337 e. The van der Waals surface area contributed by atoms with E-state index in [-0.39, 0.29) is 23.6 Å². The summed E-state index contributed by atoms with van der Waals surface area (Å²) in [4.78, 5) is 34.9. The average Bonchev–Trinajstić information content (AvgIpc) is 3.07. The first-order valence-electron chi connectivity index (χ1n) is 10.3. The Hall–Kier alpha value is -1.34. The zero-order valence-electron chi connectivity index (χ0n) is 17.6. The fraction of sp³-hybridized carbons (Fsp3) is 0.667. The van der Waals surface area contributed by atoms with Crippen LogP contribution in [0.15, 0.2) is 9.95 Å². The number of aryl methyl sites for hydroxylation is 2. The molecular weight excluding hydrogens is 390 g/mol. The van der Waals surface area contributed by atoms with Gasteiger partial charge in [-0.2, -0.15) is 0 Å². The van der Waals surface area contributed by atoms with Crippen molar-refractivity contribution in [2.45, 2.75) is 83.5 Å². The number of rotatable bonds is 7. The molecule has 0 aliphatic heterocycles. The topological polar surface area (TPSA) is 55.2 Å². The Kier molecular flexibility index (Phi) is 6.86. The average molecular weight is 422 g/mol. The van der Waals surface area contributed by atoms with Gasteiger partial charge in [0.1, 0.15) is 4.83 Å². The molecule has 0 fully saturated rings. The molecule has 0 N–H and O–H groups in total. The van der Waals surface area contributed by atoms with Crippen molar-refractivity contribution in [3.8, 4) is 0 Å². The molecule has 2 atom stereocenters. The van der Waals surface area contributed by atoms with Crippen LogP contribution in [0.25, 0.3) is 10.2 Å². The zero-order valence-corrected chi connectivity index (χ0v) is 19.2. The van der Waals surface area contributed by atoms with Crippen LogP contribution in [-0.2, 0) is 24.7 Å². The molecule has 28 heavy (non-hydrogen) atoms. The molecule has 0 spiro atoms. The van der Waals surface area contributed by atoms with Crippen molar-refractivity contribution in [2.24, 2.45) is 7.05 Å². The molecule has 3 rings (SSSR count). The highest BCUT2D eigenvalue weighted by Crippen LogP contribution is 2.34. The number of nitrogens with zero attached hydrogens (tertiary/aromatic N) is 3. The number of thiophene rings is 1. The molecule has 2 heterocycles. The Bertz CT molecular complexity index is 908. The standard InChI is InChI=1S/C21H31N3O2S2/c1-6-13(3)24(14(4)7-2)17(25)12-27-21-22-19-18(20(26)23(21)5)15-10-8-9-11-16(15)28-19/h13-14H,6-12H2,1-5H3/t13-,14-/m0/s1. The van der Waals surface area contributed by atoms with E-state index in [0.29, 0.717) is 10.9 Å².